The minimum Gasteiger partial charge on any atom is -0.357 e. The van der Waals surface area contributed by atoms with E-state index in [0.29, 0.717) is 18.0 Å². The maximum Gasteiger partial charge on any atom is 0.267 e. The van der Waals surface area contributed by atoms with Gasteiger partial charge in [0.1, 0.15) is 11.7 Å². The lowest BCUT2D eigenvalue weighted by Crippen LogP contribution is -2.67. The van der Waals surface area contributed by atoms with Gasteiger partial charge in [-0.2, -0.15) is 5.10 Å². The molecule has 138 valence electrons. The fraction of sp³-hybridized carbons (Fsp3) is 0.765. The van der Waals surface area contributed by atoms with Crippen LogP contribution >= 0.6 is 24.4 Å². The minimum absolute atomic E-state index is 0.0418. The largest absolute Gasteiger partial charge is 0.357 e. The summed E-state index contributed by atoms with van der Waals surface area (Å²) in [6, 6.07) is -0.343. The van der Waals surface area contributed by atoms with Gasteiger partial charge in [-0.25, -0.2) is 10.0 Å². The number of isothiocyanates is 1. The summed E-state index contributed by atoms with van der Waals surface area (Å²) in [7, 11) is 0. The first-order valence-corrected chi connectivity index (χ1v) is 9.23. The number of aliphatic imine (C=N–C) groups is 1. The van der Waals surface area contributed by atoms with Gasteiger partial charge >= 0.3 is 0 Å². The highest BCUT2D eigenvalue weighted by Gasteiger charge is 2.58. The number of amides is 1. The van der Waals surface area contributed by atoms with Crippen LogP contribution in [0.3, 0.4) is 0 Å². The number of hydrazone groups is 1. The van der Waals surface area contributed by atoms with E-state index in [2.05, 4.69) is 34.4 Å². The molecule has 0 spiro atoms. The van der Waals surface area contributed by atoms with Crippen LogP contribution < -0.4 is 5.32 Å². The first-order valence-electron chi connectivity index (χ1n) is 8.42. The van der Waals surface area contributed by atoms with Crippen LogP contribution in [0.4, 0.5) is 0 Å². The Bertz CT molecular complexity index is 681. The topological polar surface area (TPSA) is 60.3 Å². The second kappa shape index (κ2) is 6.41. The highest BCUT2D eigenvalue weighted by molar-refractivity contribution is 7.80. The van der Waals surface area contributed by atoms with Crippen molar-refractivity contribution in [3.63, 3.8) is 0 Å². The lowest BCUT2D eigenvalue weighted by atomic mass is 9.88. The van der Waals surface area contributed by atoms with Crippen LogP contribution in [-0.4, -0.2) is 54.6 Å². The van der Waals surface area contributed by atoms with Crippen molar-refractivity contribution in [2.75, 3.05) is 0 Å². The van der Waals surface area contributed by atoms with E-state index < -0.39 is 11.2 Å². The molecule has 1 N–H and O–H groups in total. The smallest absolute Gasteiger partial charge is 0.267 e. The molecule has 0 bridgehead atoms. The standard InChI is InChI=1S/C17H27N5OS2/c1-11(8-15(3,4)18-10-24)20-22-13(23)12(2)21-14(25)19-16(5,6)9-17(21,22)7/h12H,8-9H2,1-7H3,(H,19,25)/b20-11+/t12-,17-/m0/s1. The van der Waals surface area contributed by atoms with Crippen LogP contribution in [0.5, 0.6) is 0 Å². The summed E-state index contributed by atoms with van der Waals surface area (Å²) in [6.07, 6.45) is 1.31. The number of hydrogen-bond donors (Lipinski definition) is 1. The van der Waals surface area contributed by atoms with Gasteiger partial charge in [0.2, 0.25) is 0 Å². The Morgan fingerprint density at radius 1 is 1.44 bits per heavy atom. The van der Waals surface area contributed by atoms with Crippen molar-refractivity contribution < 1.29 is 4.79 Å². The van der Waals surface area contributed by atoms with Crippen LogP contribution in [0, 0.1) is 0 Å². The summed E-state index contributed by atoms with van der Waals surface area (Å²) in [5, 5.41) is 12.6. The Morgan fingerprint density at radius 2 is 2.04 bits per heavy atom. The van der Waals surface area contributed by atoms with Gasteiger partial charge in [0.05, 0.1) is 10.7 Å². The van der Waals surface area contributed by atoms with Crippen LogP contribution in [0.15, 0.2) is 10.1 Å². The van der Waals surface area contributed by atoms with Crippen LogP contribution in [0.2, 0.25) is 0 Å². The predicted octanol–water partition coefficient (Wildman–Crippen LogP) is 2.94. The molecule has 2 aliphatic rings. The Balaban J connectivity index is 2.39. The number of fused-ring (bicyclic) bond motifs is 1. The second-order valence-electron chi connectivity index (χ2n) is 8.43. The molecular weight excluding hydrogens is 354 g/mol. The molecule has 8 heteroatoms. The average Bonchev–Trinajstić information content (AvgIpc) is 2.57. The lowest BCUT2D eigenvalue weighted by molar-refractivity contribution is -0.132. The maximum atomic E-state index is 12.9. The minimum atomic E-state index is -0.582. The number of carbonyl (C=O) groups excluding carboxylic acids is 1. The first-order chi connectivity index (χ1) is 11.3. The van der Waals surface area contributed by atoms with Crippen molar-refractivity contribution in [3.8, 4) is 0 Å². The molecule has 25 heavy (non-hydrogen) atoms. The SMILES string of the molecule is C/C(CC(C)(C)N=C=S)=N\N1C(=O)[C@H](C)N2C(=S)NC(C)(C)C[C@]12C. The van der Waals surface area contributed by atoms with Gasteiger partial charge in [0.15, 0.2) is 5.11 Å². The number of rotatable bonds is 4. The molecule has 0 unspecified atom stereocenters. The molecule has 0 radical (unpaired) electrons. The molecule has 2 atom stereocenters. The van der Waals surface area contributed by atoms with Crippen LogP contribution in [0.25, 0.3) is 0 Å². The average molecular weight is 382 g/mol. The van der Waals surface area contributed by atoms with Crippen molar-refractivity contribution in [1.82, 2.24) is 15.2 Å². The van der Waals surface area contributed by atoms with Gasteiger partial charge in [0.25, 0.3) is 5.91 Å². The van der Waals surface area contributed by atoms with E-state index in [4.69, 9.17) is 24.4 Å². The molecule has 2 saturated heterocycles. The molecule has 1 amide bonds. The van der Waals surface area contributed by atoms with Gasteiger partial charge in [-0.05, 0) is 72.9 Å². The summed E-state index contributed by atoms with van der Waals surface area (Å²) in [5.74, 6) is -0.0418. The number of thiocarbonyl (C=S) groups is 2. The lowest BCUT2D eigenvalue weighted by Gasteiger charge is -2.50. The van der Waals surface area contributed by atoms with E-state index in [1.54, 1.807) is 5.01 Å². The quantitative estimate of drug-likeness (QED) is 0.599. The Hall–Kier alpha value is -1.37. The Morgan fingerprint density at radius 3 is 2.60 bits per heavy atom. The van der Waals surface area contributed by atoms with Crippen molar-refractivity contribution in [1.29, 1.82) is 0 Å². The molecule has 6 nitrogen and oxygen atoms in total. The van der Waals surface area contributed by atoms with Crippen molar-refractivity contribution >= 4 is 46.3 Å². The van der Waals surface area contributed by atoms with Crippen molar-refractivity contribution in [3.05, 3.63) is 0 Å². The summed E-state index contributed by atoms with van der Waals surface area (Å²) >= 11 is 10.2. The molecule has 0 aliphatic carbocycles. The van der Waals surface area contributed by atoms with E-state index in [1.807, 2.05) is 39.5 Å². The molecule has 0 aromatic heterocycles. The molecule has 0 aromatic carbocycles. The summed E-state index contributed by atoms with van der Waals surface area (Å²) in [6.45, 7) is 13.9. The number of nitrogens with zero attached hydrogens (tertiary/aromatic N) is 4. The fourth-order valence-corrected chi connectivity index (χ4v) is 4.86. The molecule has 0 saturated carbocycles. The highest BCUT2D eigenvalue weighted by Crippen LogP contribution is 2.41. The highest BCUT2D eigenvalue weighted by atomic mass is 32.1. The third kappa shape index (κ3) is 3.76. The van der Waals surface area contributed by atoms with Crippen molar-refractivity contribution in [2.24, 2.45) is 10.1 Å². The van der Waals surface area contributed by atoms with Gasteiger partial charge in [-0.15, -0.1) is 0 Å². The molecular formula is C17H27N5OS2. The van der Waals surface area contributed by atoms with E-state index in [1.165, 1.54) is 0 Å². The second-order valence-corrected chi connectivity index (χ2v) is 9.00. The van der Waals surface area contributed by atoms with E-state index in [-0.39, 0.29) is 17.5 Å². The number of carbonyl (C=O) groups is 1. The van der Waals surface area contributed by atoms with Gasteiger partial charge in [-0.1, -0.05) is 0 Å². The number of nitrogens with one attached hydrogen (secondary N) is 1. The molecule has 0 aromatic rings. The molecule has 2 aliphatic heterocycles. The Kier molecular flexibility index (Phi) is 5.12. The number of hydrogen-bond acceptors (Lipinski definition) is 5. The van der Waals surface area contributed by atoms with Gasteiger partial charge in [-0.3, -0.25) is 4.79 Å². The summed E-state index contributed by atoms with van der Waals surface area (Å²) in [5.41, 5.74) is -0.367. The molecule has 2 fully saturated rings. The van der Waals surface area contributed by atoms with E-state index in [0.717, 1.165) is 5.71 Å². The molecule has 2 heterocycles. The third-order valence-electron chi connectivity index (χ3n) is 4.68. The zero-order valence-electron chi connectivity index (χ0n) is 16.0. The van der Waals surface area contributed by atoms with Gasteiger partial charge < -0.3 is 10.2 Å². The monoisotopic (exact) mass is 381 g/mol. The van der Waals surface area contributed by atoms with Crippen LogP contribution in [0.1, 0.15) is 61.3 Å². The van der Waals surface area contributed by atoms with Crippen molar-refractivity contribution in [2.45, 2.75) is 84.1 Å². The van der Waals surface area contributed by atoms with Crippen LogP contribution in [-0.2, 0) is 4.79 Å². The fourth-order valence-electron chi connectivity index (χ4n) is 3.98. The summed E-state index contributed by atoms with van der Waals surface area (Å²) in [4.78, 5) is 19.0. The van der Waals surface area contributed by atoms with E-state index >= 15 is 0 Å². The zero-order chi connectivity index (χ0) is 19.2. The third-order valence-corrected chi connectivity index (χ3v) is 5.07. The zero-order valence-corrected chi connectivity index (χ0v) is 17.6. The summed E-state index contributed by atoms with van der Waals surface area (Å²) < 4.78 is 0. The van der Waals surface area contributed by atoms with Gasteiger partial charge in [0, 0.05) is 24.1 Å². The maximum absolute atomic E-state index is 12.9. The molecule has 2 rings (SSSR count). The van der Waals surface area contributed by atoms with E-state index in [9.17, 15) is 4.79 Å². The predicted molar refractivity (Wildman–Crippen MR) is 108 cm³/mol. The normalized spacial score (nSPS) is 29.2. The first kappa shape index (κ1) is 19.9. The Labute approximate surface area is 160 Å².